The third-order valence-electron chi connectivity index (χ3n) is 4.26. The minimum absolute atomic E-state index is 0.00884. The number of hydrogen-bond donors (Lipinski definition) is 2. The molecule has 1 fully saturated rings. The Labute approximate surface area is 125 Å². The van der Waals surface area contributed by atoms with Crippen molar-refractivity contribution in [1.82, 2.24) is 4.90 Å². The highest BCUT2D eigenvalue weighted by atomic mass is 32.2. The molecule has 1 aliphatic rings. The van der Waals surface area contributed by atoms with Crippen molar-refractivity contribution >= 4 is 23.6 Å². The van der Waals surface area contributed by atoms with Gasteiger partial charge in [-0.3, -0.25) is 9.59 Å². The summed E-state index contributed by atoms with van der Waals surface area (Å²) in [6.07, 6.45) is 4.36. The number of thioether (sulfide) groups is 1. The number of carboxylic acid groups (broad SMARTS) is 1. The number of carbonyl (C=O) groups excluding carboxylic acids is 1. The molecule has 0 saturated carbocycles. The van der Waals surface area contributed by atoms with Gasteiger partial charge in [0.25, 0.3) is 0 Å². The van der Waals surface area contributed by atoms with Crippen LogP contribution in [-0.2, 0) is 9.59 Å². The third kappa shape index (κ3) is 4.12. The maximum atomic E-state index is 12.3. The molecule has 1 heterocycles. The average Bonchev–Trinajstić information content (AvgIpc) is 2.43. The van der Waals surface area contributed by atoms with Gasteiger partial charge in [-0.15, -0.1) is 0 Å². The van der Waals surface area contributed by atoms with E-state index in [1.54, 1.807) is 30.5 Å². The number of nitrogens with zero attached hydrogens (tertiary/aromatic N) is 1. The number of carboxylic acids is 1. The lowest BCUT2D eigenvalue weighted by Crippen LogP contribution is -2.51. The van der Waals surface area contributed by atoms with E-state index in [-0.39, 0.29) is 11.8 Å². The summed E-state index contributed by atoms with van der Waals surface area (Å²) in [4.78, 5) is 25.4. The van der Waals surface area contributed by atoms with Crippen molar-refractivity contribution in [3.8, 4) is 0 Å². The SMILES string of the molecule is CSCC[C@@H](N)C(=O)N1CCCC(C(C)(C)C(=O)O)C1. The molecule has 0 aliphatic carbocycles. The smallest absolute Gasteiger partial charge is 0.309 e. The van der Waals surface area contributed by atoms with Crippen molar-refractivity contribution in [3.05, 3.63) is 0 Å². The Morgan fingerprint density at radius 3 is 2.70 bits per heavy atom. The number of rotatable bonds is 6. The normalized spacial score (nSPS) is 21.6. The van der Waals surface area contributed by atoms with Crippen LogP contribution in [0.2, 0.25) is 0 Å². The van der Waals surface area contributed by atoms with Gasteiger partial charge in [0.1, 0.15) is 0 Å². The first-order valence-corrected chi connectivity index (χ1v) is 8.46. The van der Waals surface area contributed by atoms with Crippen molar-refractivity contribution < 1.29 is 14.7 Å². The molecule has 1 amide bonds. The molecule has 1 saturated heterocycles. The summed E-state index contributed by atoms with van der Waals surface area (Å²) >= 11 is 1.67. The van der Waals surface area contributed by atoms with E-state index in [9.17, 15) is 14.7 Å². The summed E-state index contributed by atoms with van der Waals surface area (Å²) in [7, 11) is 0. The number of piperidine rings is 1. The minimum Gasteiger partial charge on any atom is -0.481 e. The van der Waals surface area contributed by atoms with Gasteiger partial charge in [0.2, 0.25) is 5.91 Å². The molecule has 0 aromatic rings. The Bertz CT molecular complexity index is 360. The van der Waals surface area contributed by atoms with E-state index in [2.05, 4.69) is 0 Å². The summed E-state index contributed by atoms with van der Waals surface area (Å²) in [5.74, 6) is 0.0176. The fraction of sp³-hybridized carbons (Fsp3) is 0.857. The van der Waals surface area contributed by atoms with Crippen LogP contribution in [0.15, 0.2) is 0 Å². The molecular weight excluding hydrogens is 276 g/mol. The first kappa shape index (κ1) is 17.3. The fourth-order valence-corrected chi connectivity index (χ4v) is 3.03. The van der Waals surface area contributed by atoms with Crippen LogP contribution in [0.5, 0.6) is 0 Å². The molecule has 3 N–H and O–H groups in total. The number of aliphatic carboxylic acids is 1. The van der Waals surface area contributed by atoms with Crippen LogP contribution in [0.4, 0.5) is 0 Å². The number of nitrogens with two attached hydrogens (primary N) is 1. The molecule has 0 bridgehead atoms. The lowest BCUT2D eigenvalue weighted by molar-refractivity contribution is -0.153. The molecule has 116 valence electrons. The van der Waals surface area contributed by atoms with Gasteiger partial charge in [0, 0.05) is 13.1 Å². The van der Waals surface area contributed by atoms with E-state index in [1.807, 2.05) is 6.26 Å². The van der Waals surface area contributed by atoms with E-state index < -0.39 is 17.4 Å². The van der Waals surface area contributed by atoms with Crippen molar-refractivity contribution in [2.24, 2.45) is 17.1 Å². The second-order valence-corrected chi connectivity index (χ2v) is 7.02. The first-order chi connectivity index (χ1) is 9.30. The van der Waals surface area contributed by atoms with E-state index >= 15 is 0 Å². The topological polar surface area (TPSA) is 83.6 Å². The van der Waals surface area contributed by atoms with Gasteiger partial charge in [-0.2, -0.15) is 11.8 Å². The van der Waals surface area contributed by atoms with Crippen molar-refractivity contribution in [2.45, 2.75) is 39.2 Å². The monoisotopic (exact) mass is 302 g/mol. The van der Waals surface area contributed by atoms with E-state index in [0.717, 1.165) is 18.6 Å². The summed E-state index contributed by atoms with van der Waals surface area (Å²) in [6, 6.07) is -0.464. The van der Waals surface area contributed by atoms with E-state index in [1.165, 1.54) is 0 Å². The number of hydrogen-bond acceptors (Lipinski definition) is 4. The molecule has 1 rings (SSSR count). The van der Waals surface area contributed by atoms with Crippen LogP contribution in [0.25, 0.3) is 0 Å². The first-order valence-electron chi connectivity index (χ1n) is 7.07. The maximum Gasteiger partial charge on any atom is 0.309 e. The van der Waals surface area contributed by atoms with Gasteiger partial charge >= 0.3 is 5.97 Å². The fourth-order valence-electron chi connectivity index (χ4n) is 2.54. The number of carbonyl (C=O) groups is 2. The summed E-state index contributed by atoms with van der Waals surface area (Å²) in [6.45, 7) is 4.67. The van der Waals surface area contributed by atoms with Crippen LogP contribution < -0.4 is 5.73 Å². The molecule has 1 unspecified atom stereocenters. The second-order valence-electron chi connectivity index (χ2n) is 6.04. The highest BCUT2D eigenvalue weighted by molar-refractivity contribution is 7.98. The lowest BCUT2D eigenvalue weighted by atomic mass is 9.74. The molecule has 0 aromatic carbocycles. The summed E-state index contributed by atoms with van der Waals surface area (Å²) < 4.78 is 0. The molecule has 0 spiro atoms. The second kappa shape index (κ2) is 7.31. The molecule has 6 heteroatoms. The van der Waals surface area contributed by atoms with Crippen LogP contribution in [0.3, 0.4) is 0 Å². The summed E-state index contributed by atoms with van der Waals surface area (Å²) in [5, 5.41) is 9.31. The third-order valence-corrected chi connectivity index (χ3v) is 4.90. The molecule has 5 nitrogen and oxygen atoms in total. The molecule has 20 heavy (non-hydrogen) atoms. The van der Waals surface area contributed by atoms with Crippen LogP contribution in [-0.4, -0.2) is 53.0 Å². The van der Waals surface area contributed by atoms with Crippen LogP contribution >= 0.6 is 11.8 Å². The highest BCUT2D eigenvalue weighted by Gasteiger charge is 2.40. The molecule has 0 radical (unpaired) electrons. The highest BCUT2D eigenvalue weighted by Crippen LogP contribution is 2.34. The lowest BCUT2D eigenvalue weighted by Gasteiger charge is -2.40. The van der Waals surface area contributed by atoms with Gasteiger partial charge in [0.15, 0.2) is 0 Å². The predicted octanol–water partition coefficient (Wildman–Crippen LogP) is 1.42. The van der Waals surface area contributed by atoms with Gasteiger partial charge in [-0.05, 0) is 51.0 Å². The molecular formula is C14H26N2O3S. The zero-order valence-electron chi connectivity index (χ0n) is 12.6. The Morgan fingerprint density at radius 2 is 2.15 bits per heavy atom. The Balaban J connectivity index is 2.65. The Morgan fingerprint density at radius 1 is 1.50 bits per heavy atom. The van der Waals surface area contributed by atoms with E-state index in [0.29, 0.717) is 19.5 Å². The van der Waals surface area contributed by atoms with Gasteiger partial charge in [-0.1, -0.05) is 0 Å². The standard InChI is InChI=1S/C14H26N2O3S/c1-14(2,13(18)19)10-5-4-7-16(9-10)12(17)11(15)6-8-20-3/h10-11H,4-9,15H2,1-3H3,(H,18,19)/t10?,11-/m1/s1. The molecule has 2 atom stereocenters. The predicted molar refractivity (Wildman–Crippen MR) is 81.7 cm³/mol. The van der Waals surface area contributed by atoms with E-state index in [4.69, 9.17) is 5.73 Å². The van der Waals surface area contributed by atoms with Gasteiger partial charge in [-0.25, -0.2) is 0 Å². The van der Waals surface area contributed by atoms with Crippen molar-refractivity contribution in [1.29, 1.82) is 0 Å². The Hall–Kier alpha value is -0.750. The van der Waals surface area contributed by atoms with Crippen LogP contribution in [0.1, 0.15) is 33.1 Å². The van der Waals surface area contributed by atoms with Gasteiger partial charge in [0.05, 0.1) is 11.5 Å². The van der Waals surface area contributed by atoms with Crippen molar-refractivity contribution in [3.63, 3.8) is 0 Å². The molecule has 1 aliphatic heterocycles. The quantitative estimate of drug-likeness (QED) is 0.775. The average molecular weight is 302 g/mol. The minimum atomic E-state index is -0.803. The van der Waals surface area contributed by atoms with Crippen LogP contribution in [0, 0.1) is 11.3 Å². The molecule has 0 aromatic heterocycles. The van der Waals surface area contributed by atoms with Crippen molar-refractivity contribution in [2.75, 3.05) is 25.1 Å². The largest absolute Gasteiger partial charge is 0.481 e. The van der Waals surface area contributed by atoms with Gasteiger partial charge < -0.3 is 15.7 Å². The zero-order chi connectivity index (χ0) is 15.3. The Kier molecular flexibility index (Phi) is 6.33. The number of amides is 1. The number of likely N-dealkylation sites (tertiary alicyclic amines) is 1. The maximum absolute atomic E-state index is 12.3. The zero-order valence-corrected chi connectivity index (χ0v) is 13.4. The summed E-state index contributed by atoms with van der Waals surface area (Å²) in [5.41, 5.74) is 5.12.